The number of nitrogens with one attached hydrogen (secondary N) is 2. The van der Waals surface area contributed by atoms with Gasteiger partial charge in [-0.05, 0) is 6.92 Å². The zero-order valence-electron chi connectivity index (χ0n) is 11.7. The summed E-state index contributed by atoms with van der Waals surface area (Å²) in [5.41, 5.74) is 0. The molecule has 8 heteroatoms. The van der Waals surface area contributed by atoms with Crippen molar-refractivity contribution in [3.63, 3.8) is 0 Å². The minimum Gasteiger partial charge on any atom is -0.482 e. The van der Waals surface area contributed by atoms with E-state index in [1.54, 1.807) is 29.4 Å². The van der Waals surface area contributed by atoms with Crippen LogP contribution in [0.2, 0.25) is 0 Å². The van der Waals surface area contributed by atoms with Crippen LogP contribution in [0.3, 0.4) is 0 Å². The van der Waals surface area contributed by atoms with Crippen LogP contribution in [0.25, 0.3) is 0 Å². The molecule has 1 aliphatic rings. The summed E-state index contributed by atoms with van der Waals surface area (Å²) >= 11 is 0. The van der Waals surface area contributed by atoms with Gasteiger partial charge >= 0.3 is 0 Å². The first-order valence-electron chi connectivity index (χ1n) is 6.72. The monoisotopic (exact) mass is 291 g/mol. The predicted octanol–water partition coefficient (Wildman–Crippen LogP) is -0.123. The lowest BCUT2D eigenvalue weighted by atomic mass is 10.2. The van der Waals surface area contributed by atoms with Gasteiger partial charge in [0.25, 0.3) is 0 Å². The fraction of sp³-hybridized carbons (Fsp3) is 0.462. The van der Waals surface area contributed by atoms with Crippen molar-refractivity contribution in [2.45, 2.75) is 25.6 Å². The number of aromatic nitrogens is 4. The number of hydrogen-bond acceptors (Lipinski definition) is 5. The third-order valence-electron chi connectivity index (χ3n) is 3.37. The maximum atomic E-state index is 12.1. The SMILES string of the molecule is Cc1nccn1CC(=O)N[C@H]1COC[C@H]1Oc1cn[nH]c1. The van der Waals surface area contributed by atoms with Gasteiger partial charge in [0.2, 0.25) is 5.91 Å². The van der Waals surface area contributed by atoms with Crippen molar-refractivity contribution in [2.24, 2.45) is 0 Å². The summed E-state index contributed by atoms with van der Waals surface area (Å²) in [5.74, 6) is 1.35. The van der Waals surface area contributed by atoms with Gasteiger partial charge in [-0.2, -0.15) is 5.10 Å². The first-order valence-corrected chi connectivity index (χ1v) is 6.72. The smallest absolute Gasteiger partial charge is 0.240 e. The first kappa shape index (κ1) is 13.6. The normalized spacial score (nSPS) is 21.4. The van der Waals surface area contributed by atoms with Crippen molar-refractivity contribution >= 4 is 5.91 Å². The van der Waals surface area contributed by atoms with Gasteiger partial charge in [-0.1, -0.05) is 0 Å². The summed E-state index contributed by atoms with van der Waals surface area (Å²) in [5, 5.41) is 9.44. The highest BCUT2D eigenvalue weighted by Gasteiger charge is 2.31. The third-order valence-corrected chi connectivity index (χ3v) is 3.37. The number of nitrogens with zero attached hydrogens (tertiary/aromatic N) is 3. The second-order valence-electron chi connectivity index (χ2n) is 4.90. The molecular weight excluding hydrogens is 274 g/mol. The van der Waals surface area contributed by atoms with Crippen LogP contribution in [-0.2, 0) is 16.1 Å². The minimum absolute atomic E-state index is 0.0904. The first-order chi connectivity index (χ1) is 10.2. The molecule has 1 aliphatic heterocycles. The van der Waals surface area contributed by atoms with Crippen LogP contribution < -0.4 is 10.1 Å². The zero-order chi connectivity index (χ0) is 14.7. The maximum absolute atomic E-state index is 12.1. The van der Waals surface area contributed by atoms with Crippen LogP contribution in [-0.4, -0.2) is 51.0 Å². The second-order valence-corrected chi connectivity index (χ2v) is 4.90. The molecule has 3 heterocycles. The van der Waals surface area contributed by atoms with Gasteiger partial charge in [0, 0.05) is 12.4 Å². The van der Waals surface area contributed by atoms with Crippen molar-refractivity contribution in [1.82, 2.24) is 25.1 Å². The average molecular weight is 291 g/mol. The zero-order valence-corrected chi connectivity index (χ0v) is 11.7. The minimum atomic E-state index is -0.213. The van der Waals surface area contributed by atoms with Crippen molar-refractivity contribution in [1.29, 1.82) is 0 Å². The molecule has 2 aromatic rings. The van der Waals surface area contributed by atoms with Crippen molar-refractivity contribution in [2.75, 3.05) is 13.2 Å². The number of imidazole rings is 1. The molecule has 112 valence electrons. The number of H-pyrrole nitrogens is 1. The topological polar surface area (TPSA) is 94.1 Å². The van der Waals surface area contributed by atoms with Crippen LogP contribution in [0.5, 0.6) is 5.75 Å². The molecule has 2 atom stereocenters. The number of ether oxygens (including phenoxy) is 2. The molecule has 0 spiro atoms. The molecule has 2 aromatic heterocycles. The summed E-state index contributed by atoms with van der Waals surface area (Å²) in [6.45, 7) is 2.98. The van der Waals surface area contributed by atoms with Crippen LogP contribution in [0.15, 0.2) is 24.8 Å². The number of carbonyl (C=O) groups is 1. The number of aromatic amines is 1. The van der Waals surface area contributed by atoms with Gasteiger partial charge in [-0.3, -0.25) is 9.89 Å². The Labute approximate surface area is 121 Å². The van der Waals surface area contributed by atoms with E-state index in [1.807, 2.05) is 6.92 Å². The lowest BCUT2D eigenvalue weighted by Gasteiger charge is -2.19. The largest absolute Gasteiger partial charge is 0.482 e. The van der Waals surface area contributed by atoms with Gasteiger partial charge in [-0.15, -0.1) is 0 Å². The van der Waals surface area contributed by atoms with Crippen LogP contribution in [0, 0.1) is 6.92 Å². The molecule has 1 saturated heterocycles. The van der Waals surface area contributed by atoms with Gasteiger partial charge in [0.15, 0.2) is 5.75 Å². The summed E-state index contributed by atoms with van der Waals surface area (Å²) < 4.78 is 12.9. The van der Waals surface area contributed by atoms with E-state index in [0.717, 1.165) is 5.82 Å². The highest BCUT2D eigenvalue weighted by Crippen LogP contribution is 2.15. The number of carbonyl (C=O) groups excluding carboxylic acids is 1. The number of hydrogen-bond donors (Lipinski definition) is 2. The Morgan fingerprint density at radius 1 is 1.62 bits per heavy atom. The van der Waals surface area contributed by atoms with Crippen LogP contribution in [0.1, 0.15) is 5.82 Å². The summed E-state index contributed by atoms with van der Waals surface area (Å²) in [4.78, 5) is 16.2. The van der Waals surface area contributed by atoms with E-state index in [-0.39, 0.29) is 24.6 Å². The van der Waals surface area contributed by atoms with Crippen molar-refractivity contribution < 1.29 is 14.3 Å². The standard InChI is InChI=1S/C13H17N5O3/c1-9-14-2-3-18(9)6-13(19)17-11-7-20-8-12(11)21-10-4-15-16-5-10/h2-5,11-12H,6-8H2,1H3,(H,15,16)(H,17,19)/t11-,12+/m0/s1. The van der Waals surface area contributed by atoms with E-state index in [9.17, 15) is 4.79 Å². The third kappa shape index (κ3) is 3.22. The Balaban J connectivity index is 1.56. The molecule has 0 bridgehead atoms. The van der Waals surface area contributed by atoms with Gasteiger partial charge in [0.05, 0.1) is 31.6 Å². The molecule has 3 rings (SSSR count). The molecule has 0 aliphatic carbocycles. The lowest BCUT2D eigenvalue weighted by Crippen LogP contribution is -2.46. The fourth-order valence-electron chi connectivity index (χ4n) is 2.24. The van der Waals surface area contributed by atoms with E-state index in [4.69, 9.17) is 9.47 Å². The van der Waals surface area contributed by atoms with Crippen molar-refractivity contribution in [3.8, 4) is 5.75 Å². The Hall–Kier alpha value is -2.35. The lowest BCUT2D eigenvalue weighted by molar-refractivity contribution is -0.122. The molecule has 2 N–H and O–H groups in total. The van der Waals surface area contributed by atoms with E-state index in [0.29, 0.717) is 19.0 Å². The fourth-order valence-corrected chi connectivity index (χ4v) is 2.24. The molecule has 0 unspecified atom stereocenters. The Morgan fingerprint density at radius 2 is 2.52 bits per heavy atom. The van der Waals surface area contributed by atoms with Gasteiger partial charge < -0.3 is 19.4 Å². The highest BCUT2D eigenvalue weighted by molar-refractivity contribution is 5.76. The quantitative estimate of drug-likeness (QED) is 0.801. The van der Waals surface area contributed by atoms with Crippen molar-refractivity contribution in [3.05, 3.63) is 30.6 Å². The molecular formula is C13H17N5O3. The predicted molar refractivity (Wildman–Crippen MR) is 72.7 cm³/mol. The van der Waals surface area contributed by atoms with Crippen LogP contribution >= 0.6 is 0 Å². The van der Waals surface area contributed by atoms with E-state index in [2.05, 4.69) is 20.5 Å². The number of rotatable bonds is 5. The highest BCUT2D eigenvalue weighted by atomic mass is 16.5. The van der Waals surface area contributed by atoms with Gasteiger partial charge in [-0.25, -0.2) is 4.98 Å². The molecule has 0 saturated carbocycles. The van der Waals surface area contributed by atoms with Crippen LogP contribution in [0.4, 0.5) is 0 Å². The van der Waals surface area contributed by atoms with E-state index in [1.165, 1.54) is 0 Å². The van der Waals surface area contributed by atoms with E-state index < -0.39 is 0 Å². The van der Waals surface area contributed by atoms with E-state index >= 15 is 0 Å². The molecule has 1 fully saturated rings. The molecule has 0 radical (unpaired) electrons. The van der Waals surface area contributed by atoms with Gasteiger partial charge in [0.1, 0.15) is 18.5 Å². The Morgan fingerprint density at radius 3 is 3.24 bits per heavy atom. The maximum Gasteiger partial charge on any atom is 0.240 e. The summed E-state index contributed by atoms with van der Waals surface area (Å²) in [6.07, 6.45) is 6.49. The molecule has 8 nitrogen and oxygen atoms in total. The number of aryl methyl sites for hydroxylation is 1. The second kappa shape index (κ2) is 5.96. The average Bonchev–Trinajstić information content (AvgIpc) is 3.17. The summed E-state index contributed by atoms with van der Waals surface area (Å²) in [7, 11) is 0. The summed E-state index contributed by atoms with van der Waals surface area (Å²) in [6, 6.07) is -0.170. The number of amides is 1. The molecule has 1 amide bonds. The Kier molecular flexibility index (Phi) is 3.87. The Bertz CT molecular complexity index is 595. The molecule has 21 heavy (non-hydrogen) atoms. The molecule has 0 aromatic carbocycles.